The average molecular weight is 543 g/mol. The molecule has 0 amide bonds. The number of nitrogens with zero attached hydrogens (tertiary/aromatic N) is 3. The predicted molar refractivity (Wildman–Crippen MR) is 150 cm³/mol. The van der Waals surface area contributed by atoms with Crippen molar-refractivity contribution in [3.63, 3.8) is 0 Å². The molecule has 0 bridgehead atoms. The van der Waals surface area contributed by atoms with E-state index in [9.17, 15) is 5.11 Å². The number of aliphatic hydroxyl groups excluding tert-OH is 1. The van der Waals surface area contributed by atoms with Crippen molar-refractivity contribution in [1.82, 2.24) is 15.0 Å². The molecule has 1 aromatic carbocycles. The Hall–Kier alpha value is -1.05. The van der Waals surface area contributed by atoms with Gasteiger partial charge in [-0.05, 0) is 103 Å². The highest BCUT2D eigenvalue weighted by molar-refractivity contribution is 5.86. The maximum absolute atomic E-state index is 9.96. The summed E-state index contributed by atoms with van der Waals surface area (Å²) < 4.78 is 12.1. The van der Waals surface area contributed by atoms with Crippen LogP contribution in [0.1, 0.15) is 69.0 Å². The summed E-state index contributed by atoms with van der Waals surface area (Å²) in [5.41, 5.74) is 3.30. The normalized spacial score (nSPS) is 20.4. The Balaban J connectivity index is 0.00000180. The van der Waals surface area contributed by atoms with Crippen LogP contribution < -0.4 is 4.74 Å². The second-order valence-corrected chi connectivity index (χ2v) is 11.7. The highest BCUT2D eigenvalue weighted by Crippen LogP contribution is 2.39. The molecule has 1 aromatic heterocycles. The van der Waals surface area contributed by atoms with E-state index in [1.54, 1.807) is 0 Å². The molecular weight excluding hydrogens is 497 g/mol. The minimum Gasteiger partial charge on any atom is -0.493 e. The van der Waals surface area contributed by atoms with Gasteiger partial charge in [0.15, 0.2) is 5.58 Å². The van der Waals surface area contributed by atoms with E-state index in [1.807, 2.05) is 0 Å². The van der Waals surface area contributed by atoms with Crippen LogP contribution in [0.3, 0.4) is 0 Å². The van der Waals surface area contributed by atoms with E-state index in [1.165, 1.54) is 70.9 Å². The largest absolute Gasteiger partial charge is 0.493 e. The molecule has 2 aliphatic carbocycles. The number of aryl methyl sites for hydroxylation is 1. The van der Waals surface area contributed by atoms with Crippen LogP contribution in [-0.2, 0) is 13.0 Å². The maximum atomic E-state index is 9.96. The highest BCUT2D eigenvalue weighted by Gasteiger charge is 2.36. The Morgan fingerprint density at radius 3 is 2.44 bits per heavy atom. The van der Waals surface area contributed by atoms with Gasteiger partial charge in [-0.1, -0.05) is 18.0 Å². The van der Waals surface area contributed by atoms with Crippen molar-refractivity contribution in [3.8, 4) is 5.75 Å². The van der Waals surface area contributed by atoms with Crippen molar-refractivity contribution in [3.05, 3.63) is 23.4 Å². The summed E-state index contributed by atoms with van der Waals surface area (Å²) in [5, 5.41) is 15.6. The Bertz CT molecular complexity index is 949. The lowest BCUT2D eigenvalue weighted by molar-refractivity contribution is 0.0602. The molecule has 1 saturated heterocycles. The number of fused-ring (bicyclic) bond motifs is 1. The number of aromatic nitrogens is 1. The van der Waals surface area contributed by atoms with Crippen LogP contribution in [0.15, 0.2) is 16.7 Å². The molecule has 3 fully saturated rings. The van der Waals surface area contributed by atoms with E-state index in [2.05, 4.69) is 41.2 Å². The fourth-order valence-corrected chi connectivity index (χ4v) is 6.10. The first-order chi connectivity index (χ1) is 16.5. The molecule has 3 aliphatic rings. The van der Waals surface area contributed by atoms with Crippen LogP contribution in [0, 0.1) is 17.3 Å². The summed E-state index contributed by atoms with van der Waals surface area (Å²) in [6.45, 7) is 5.38. The van der Waals surface area contributed by atoms with Gasteiger partial charge in [0.25, 0.3) is 0 Å². The quantitative estimate of drug-likeness (QED) is 0.392. The molecule has 36 heavy (non-hydrogen) atoms. The van der Waals surface area contributed by atoms with Crippen molar-refractivity contribution >= 4 is 35.8 Å². The number of aliphatic hydroxyl groups is 1. The van der Waals surface area contributed by atoms with Crippen molar-refractivity contribution in [1.29, 1.82) is 0 Å². The SMILES string of the molecule is CN(C)Cc1c(OCC2CC2)ccc2c(CCC3CCN(CC4(CO)CCCC4)CC3)noc12.Cl.Cl. The van der Waals surface area contributed by atoms with Crippen LogP contribution >= 0.6 is 24.8 Å². The molecule has 0 spiro atoms. The molecular formula is C28H45Cl2N3O3. The second kappa shape index (κ2) is 13.1. The average Bonchev–Trinajstić information content (AvgIpc) is 3.39. The number of likely N-dealkylation sites (tertiary alicyclic amines) is 1. The molecule has 8 heteroatoms. The fourth-order valence-electron chi connectivity index (χ4n) is 6.10. The molecule has 0 atom stereocenters. The van der Waals surface area contributed by atoms with Crippen molar-refractivity contribution in [2.75, 3.05) is 46.9 Å². The lowest BCUT2D eigenvalue weighted by Crippen LogP contribution is -2.42. The molecule has 6 nitrogen and oxygen atoms in total. The molecule has 2 saturated carbocycles. The van der Waals surface area contributed by atoms with Crippen LogP contribution in [-0.4, -0.2) is 67.0 Å². The van der Waals surface area contributed by atoms with Gasteiger partial charge in [-0.15, -0.1) is 24.8 Å². The Morgan fingerprint density at radius 1 is 1.08 bits per heavy atom. The van der Waals surface area contributed by atoms with Gasteiger partial charge in [0.2, 0.25) is 0 Å². The van der Waals surface area contributed by atoms with Crippen LogP contribution in [0.25, 0.3) is 11.0 Å². The van der Waals surface area contributed by atoms with E-state index < -0.39 is 0 Å². The Morgan fingerprint density at radius 2 is 1.81 bits per heavy atom. The van der Waals surface area contributed by atoms with Gasteiger partial charge >= 0.3 is 0 Å². The molecule has 1 N–H and O–H groups in total. The van der Waals surface area contributed by atoms with E-state index in [-0.39, 0.29) is 30.2 Å². The minimum atomic E-state index is 0. The lowest BCUT2D eigenvalue weighted by atomic mass is 9.84. The maximum Gasteiger partial charge on any atom is 0.175 e. The highest BCUT2D eigenvalue weighted by atomic mass is 35.5. The summed E-state index contributed by atoms with van der Waals surface area (Å²) >= 11 is 0. The second-order valence-electron chi connectivity index (χ2n) is 11.7. The van der Waals surface area contributed by atoms with Gasteiger partial charge in [0.1, 0.15) is 5.75 Å². The zero-order chi connectivity index (χ0) is 23.5. The smallest absolute Gasteiger partial charge is 0.175 e. The van der Waals surface area contributed by atoms with Crippen LogP contribution in [0.4, 0.5) is 0 Å². The number of rotatable bonds is 11. The third-order valence-electron chi connectivity index (χ3n) is 8.48. The van der Waals surface area contributed by atoms with Gasteiger partial charge in [0.05, 0.1) is 17.9 Å². The molecule has 204 valence electrons. The number of hydrogen-bond acceptors (Lipinski definition) is 6. The number of piperidine rings is 1. The van der Waals surface area contributed by atoms with E-state index in [4.69, 9.17) is 9.26 Å². The Kier molecular flexibility index (Phi) is 10.8. The summed E-state index contributed by atoms with van der Waals surface area (Å²) in [4.78, 5) is 4.78. The zero-order valence-electron chi connectivity index (χ0n) is 22.0. The lowest BCUT2D eigenvalue weighted by Gasteiger charge is -2.38. The summed E-state index contributed by atoms with van der Waals surface area (Å²) in [6, 6.07) is 4.28. The monoisotopic (exact) mass is 541 g/mol. The fraction of sp³-hybridized carbons (Fsp3) is 0.750. The Labute approximate surface area is 228 Å². The summed E-state index contributed by atoms with van der Waals surface area (Å²) in [6.07, 6.45) is 12.2. The first-order valence-corrected chi connectivity index (χ1v) is 13.6. The minimum absolute atomic E-state index is 0. The molecule has 2 aromatic rings. The topological polar surface area (TPSA) is 62.0 Å². The van der Waals surface area contributed by atoms with Crippen LogP contribution in [0.2, 0.25) is 0 Å². The number of hydrogen-bond donors (Lipinski definition) is 1. The predicted octanol–water partition coefficient (Wildman–Crippen LogP) is 5.72. The van der Waals surface area contributed by atoms with Gasteiger partial charge < -0.3 is 24.2 Å². The molecule has 0 unspecified atom stereocenters. The summed E-state index contributed by atoms with van der Waals surface area (Å²) in [7, 11) is 4.17. The van der Waals surface area contributed by atoms with Gasteiger partial charge in [-0.3, -0.25) is 0 Å². The number of benzene rings is 1. The summed E-state index contributed by atoms with van der Waals surface area (Å²) in [5.74, 6) is 2.43. The zero-order valence-corrected chi connectivity index (χ0v) is 23.7. The van der Waals surface area contributed by atoms with E-state index in [0.29, 0.717) is 6.61 Å². The molecule has 1 aliphatic heterocycles. The third-order valence-corrected chi connectivity index (χ3v) is 8.48. The number of halogens is 2. The third kappa shape index (κ3) is 7.08. The van der Waals surface area contributed by atoms with E-state index in [0.717, 1.165) is 65.9 Å². The molecule has 5 rings (SSSR count). The molecule has 0 radical (unpaired) electrons. The van der Waals surface area contributed by atoms with Gasteiger partial charge in [-0.2, -0.15) is 0 Å². The van der Waals surface area contributed by atoms with Crippen molar-refractivity contribution < 1.29 is 14.4 Å². The number of ether oxygens (including phenoxy) is 1. The van der Waals surface area contributed by atoms with E-state index >= 15 is 0 Å². The first kappa shape index (κ1) is 29.5. The van der Waals surface area contributed by atoms with Crippen LogP contribution in [0.5, 0.6) is 5.75 Å². The van der Waals surface area contributed by atoms with Crippen molar-refractivity contribution in [2.24, 2.45) is 17.3 Å². The molecule has 2 heterocycles. The van der Waals surface area contributed by atoms with Gasteiger partial charge in [-0.25, -0.2) is 0 Å². The first-order valence-electron chi connectivity index (χ1n) is 13.6. The standard InChI is InChI=1S/C28H43N3O3.2ClH/c1-30(2)17-24-26(33-18-22-5-6-22)10-8-23-25(29-34-27(23)24)9-7-21-11-15-31(16-12-21)19-28(20-32)13-3-4-14-28;;/h8,10,21-22,32H,3-7,9,11-20H2,1-2H3;2*1H. The van der Waals surface area contributed by atoms with Crippen molar-refractivity contribution in [2.45, 2.75) is 70.8 Å². The van der Waals surface area contributed by atoms with Gasteiger partial charge in [0, 0.05) is 30.5 Å².